The van der Waals surface area contributed by atoms with Crippen molar-refractivity contribution in [1.29, 1.82) is 0 Å². The van der Waals surface area contributed by atoms with Crippen LogP contribution < -0.4 is 0 Å². The van der Waals surface area contributed by atoms with E-state index in [9.17, 15) is 0 Å². The second-order valence-electron chi connectivity index (χ2n) is 4.83. The Morgan fingerprint density at radius 1 is 0.778 bits per heavy atom. The summed E-state index contributed by atoms with van der Waals surface area (Å²) in [6, 6.07) is 17.3. The van der Waals surface area contributed by atoms with E-state index in [2.05, 4.69) is 53.5 Å². The fraction of sp³-hybridized carbons (Fsp3) is 0.118. The Bertz CT molecular complexity index is 738. The van der Waals surface area contributed by atoms with E-state index in [4.69, 9.17) is 0 Å². The molecular formula is C17H13N. The molecule has 18 heavy (non-hydrogen) atoms. The van der Waals surface area contributed by atoms with Crippen LogP contribution in [0.1, 0.15) is 11.1 Å². The second-order valence-corrected chi connectivity index (χ2v) is 4.83. The van der Waals surface area contributed by atoms with Crippen LogP contribution in [0.3, 0.4) is 0 Å². The molecule has 0 radical (unpaired) electrons. The van der Waals surface area contributed by atoms with E-state index in [1.165, 1.54) is 27.5 Å². The lowest BCUT2D eigenvalue weighted by atomic mass is 10.0. The number of pyridine rings is 1. The maximum absolute atomic E-state index is 4.64. The topological polar surface area (TPSA) is 12.9 Å². The quantitative estimate of drug-likeness (QED) is 0.570. The van der Waals surface area contributed by atoms with Crippen molar-refractivity contribution in [3.05, 3.63) is 65.9 Å². The van der Waals surface area contributed by atoms with Crippen LogP contribution in [0.2, 0.25) is 0 Å². The average Bonchev–Trinajstić information content (AvgIpc) is 2.60. The molecule has 86 valence electrons. The summed E-state index contributed by atoms with van der Waals surface area (Å²) in [4.78, 5) is 4.64. The molecule has 0 bridgehead atoms. The van der Waals surface area contributed by atoms with E-state index >= 15 is 0 Å². The molecule has 0 spiro atoms. The molecule has 1 heteroatoms. The molecule has 1 aromatic heterocycles. The number of rotatable bonds is 0. The maximum atomic E-state index is 4.64. The van der Waals surface area contributed by atoms with E-state index in [-0.39, 0.29) is 0 Å². The van der Waals surface area contributed by atoms with Gasteiger partial charge in [0.05, 0.1) is 5.69 Å². The molecule has 0 aliphatic heterocycles. The molecule has 1 nitrogen and oxygen atoms in total. The van der Waals surface area contributed by atoms with Crippen molar-refractivity contribution in [1.82, 2.24) is 4.98 Å². The summed E-state index contributed by atoms with van der Waals surface area (Å²) in [5.41, 5.74) is 5.28. The Kier molecular flexibility index (Phi) is 2.01. The molecular weight excluding hydrogens is 218 g/mol. The van der Waals surface area contributed by atoms with Gasteiger partial charge in [-0.05, 0) is 35.4 Å². The Hall–Kier alpha value is -2.15. The highest BCUT2D eigenvalue weighted by atomic mass is 14.7. The Labute approximate surface area is 106 Å². The molecule has 1 aliphatic carbocycles. The number of benzene rings is 2. The van der Waals surface area contributed by atoms with Crippen LogP contribution in [0.15, 0.2) is 54.7 Å². The first-order valence-corrected chi connectivity index (χ1v) is 6.38. The molecule has 4 rings (SSSR count). The fourth-order valence-corrected chi connectivity index (χ4v) is 2.96. The van der Waals surface area contributed by atoms with E-state index < -0.39 is 0 Å². The Morgan fingerprint density at radius 2 is 1.61 bits per heavy atom. The molecule has 3 aromatic rings. The van der Waals surface area contributed by atoms with Crippen molar-refractivity contribution in [2.75, 3.05) is 0 Å². The maximum Gasteiger partial charge on any atom is 0.0785 e. The lowest BCUT2D eigenvalue weighted by Gasteiger charge is -2.08. The smallest absolute Gasteiger partial charge is 0.0785 e. The van der Waals surface area contributed by atoms with E-state index in [1.54, 1.807) is 0 Å². The summed E-state index contributed by atoms with van der Waals surface area (Å²) in [6.45, 7) is 0. The highest BCUT2D eigenvalue weighted by Gasteiger charge is 2.16. The van der Waals surface area contributed by atoms with Gasteiger partial charge in [-0.25, -0.2) is 0 Å². The molecule has 1 aliphatic rings. The number of nitrogens with zero attached hydrogens (tertiary/aromatic N) is 1. The van der Waals surface area contributed by atoms with Gasteiger partial charge in [-0.3, -0.25) is 4.98 Å². The third-order valence-corrected chi connectivity index (χ3v) is 3.81. The number of hydrogen-bond acceptors (Lipinski definition) is 1. The summed E-state index contributed by atoms with van der Waals surface area (Å²) in [5, 5.41) is 2.64. The summed E-state index contributed by atoms with van der Waals surface area (Å²) in [5.74, 6) is 0. The highest BCUT2D eigenvalue weighted by molar-refractivity contribution is 5.98. The van der Waals surface area contributed by atoms with Crippen LogP contribution in [0.5, 0.6) is 0 Å². The van der Waals surface area contributed by atoms with E-state index in [0.29, 0.717) is 0 Å². The number of aryl methyl sites for hydroxylation is 2. The predicted molar refractivity (Wildman–Crippen MR) is 74.6 cm³/mol. The fourth-order valence-electron chi connectivity index (χ4n) is 2.96. The van der Waals surface area contributed by atoms with Crippen LogP contribution in [0.4, 0.5) is 0 Å². The summed E-state index contributed by atoms with van der Waals surface area (Å²) >= 11 is 0. The van der Waals surface area contributed by atoms with Crippen molar-refractivity contribution in [3.8, 4) is 11.3 Å². The van der Waals surface area contributed by atoms with Gasteiger partial charge < -0.3 is 0 Å². The molecule has 0 fully saturated rings. The lowest BCUT2D eigenvalue weighted by Crippen LogP contribution is -1.89. The molecule has 0 N–H and O–H groups in total. The van der Waals surface area contributed by atoms with Gasteiger partial charge in [0.2, 0.25) is 0 Å². The van der Waals surface area contributed by atoms with Crippen molar-refractivity contribution in [2.24, 2.45) is 0 Å². The molecule has 0 saturated heterocycles. The van der Waals surface area contributed by atoms with Crippen LogP contribution in [0, 0.1) is 0 Å². The zero-order valence-electron chi connectivity index (χ0n) is 10.1. The van der Waals surface area contributed by atoms with Crippen LogP contribution >= 0.6 is 0 Å². The highest BCUT2D eigenvalue weighted by Crippen LogP contribution is 2.35. The molecule has 2 aromatic carbocycles. The minimum atomic E-state index is 1.10. The van der Waals surface area contributed by atoms with Crippen molar-refractivity contribution in [2.45, 2.75) is 12.8 Å². The third-order valence-electron chi connectivity index (χ3n) is 3.81. The summed E-state index contributed by atoms with van der Waals surface area (Å²) in [7, 11) is 0. The average molecular weight is 231 g/mol. The monoisotopic (exact) mass is 231 g/mol. The van der Waals surface area contributed by atoms with Gasteiger partial charge >= 0.3 is 0 Å². The van der Waals surface area contributed by atoms with Gasteiger partial charge in [0.25, 0.3) is 0 Å². The zero-order valence-corrected chi connectivity index (χ0v) is 10.1. The van der Waals surface area contributed by atoms with E-state index in [0.717, 1.165) is 18.5 Å². The van der Waals surface area contributed by atoms with Crippen molar-refractivity contribution < 1.29 is 0 Å². The Balaban J connectivity index is 2.18. The zero-order chi connectivity index (χ0) is 11.9. The molecule has 0 unspecified atom stereocenters. The van der Waals surface area contributed by atoms with Crippen LogP contribution in [-0.2, 0) is 12.8 Å². The third kappa shape index (κ3) is 1.31. The number of aromatic nitrogens is 1. The lowest BCUT2D eigenvalue weighted by molar-refractivity contribution is 0.978. The minimum absolute atomic E-state index is 1.10. The van der Waals surface area contributed by atoms with Gasteiger partial charge in [-0.2, -0.15) is 0 Å². The molecule has 0 saturated carbocycles. The molecule has 0 atom stereocenters. The first-order valence-electron chi connectivity index (χ1n) is 6.38. The largest absolute Gasteiger partial charge is 0.256 e. The molecule has 0 amide bonds. The summed E-state index contributed by atoms with van der Waals surface area (Å²) in [6.07, 6.45) is 4.13. The first kappa shape index (κ1) is 9.84. The SMILES string of the molecule is c1ccc2c(c1)CCc1cccc3ccnc-2c13. The van der Waals surface area contributed by atoms with Crippen molar-refractivity contribution in [3.63, 3.8) is 0 Å². The normalized spacial score (nSPS) is 13.1. The predicted octanol–water partition coefficient (Wildman–Crippen LogP) is 4.00. The van der Waals surface area contributed by atoms with Gasteiger partial charge in [-0.1, -0.05) is 42.5 Å². The molecule has 1 heterocycles. The van der Waals surface area contributed by atoms with Crippen LogP contribution in [0.25, 0.3) is 22.0 Å². The number of fused-ring (bicyclic) bond motifs is 2. The van der Waals surface area contributed by atoms with E-state index in [1.807, 2.05) is 6.20 Å². The Morgan fingerprint density at radius 3 is 2.61 bits per heavy atom. The summed E-state index contributed by atoms with van der Waals surface area (Å²) < 4.78 is 0. The minimum Gasteiger partial charge on any atom is -0.256 e. The standard InChI is InChI=1S/C17H13N/c1-2-7-15-12(4-1)8-9-13-5-3-6-14-10-11-18-17(15)16(13)14/h1-7,10-11H,8-9H2. The number of hydrogen-bond donors (Lipinski definition) is 0. The van der Waals surface area contributed by atoms with Crippen molar-refractivity contribution >= 4 is 10.8 Å². The van der Waals surface area contributed by atoms with Crippen LogP contribution in [-0.4, -0.2) is 4.98 Å². The van der Waals surface area contributed by atoms with Gasteiger partial charge in [0, 0.05) is 17.1 Å². The van der Waals surface area contributed by atoms with Gasteiger partial charge in [0.1, 0.15) is 0 Å². The van der Waals surface area contributed by atoms with Gasteiger partial charge in [0.15, 0.2) is 0 Å². The second kappa shape index (κ2) is 3.67. The first-order chi connectivity index (χ1) is 8.93. The van der Waals surface area contributed by atoms with Gasteiger partial charge in [-0.15, -0.1) is 0 Å².